The van der Waals surface area contributed by atoms with Crippen LogP contribution in [0, 0.1) is 0 Å². The van der Waals surface area contributed by atoms with E-state index in [-0.39, 0.29) is 12.2 Å². The topological polar surface area (TPSA) is 51.2 Å². The number of amides is 1. The van der Waals surface area contributed by atoms with E-state index in [1.54, 1.807) is 6.20 Å². The number of rotatable bonds is 2. The highest BCUT2D eigenvalue weighted by Crippen LogP contribution is 2.21. The van der Waals surface area contributed by atoms with Crippen LogP contribution >= 0.6 is 0 Å². The van der Waals surface area contributed by atoms with Gasteiger partial charge in [-0.2, -0.15) is 0 Å². The molecule has 3 rings (SSSR count). The van der Waals surface area contributed by atoms with Gasteiger partial charge in [0, 0.05) is 17.3 Å². The van der Waals surface area contributed by atoms with Crippen molar-refractivity contribution < 1.29 is 9.53 Å². The maximum atomic E-state index is 12.0. The molecule has 1 amide bonds. The van der Waals surface area contributed by atoms with Gasteiger partial charge in [0.25, 0.3) is 0 Å². The first-order chi connectivity index (χ1) is 10.3. The molecule has 4 heteroatoms. The molecular formula is C17H20N2O2. The fraction of sp³-hybridized carbons (Fsp3) is 0.412. The zero-order chi connectivity index (χ0) is 14.5. The normalized spacial score (nSPS) is 16.4. The average molecular weight is 284 g/mol. The number of hydrogen-bond acceptors (Lipinski definition) is 3. The molecule has 1 aromatic heterocycles. The third-order valence-corrected chi connectivity index (χ3v) is 3.93. The molecule has 21 heavy (non-hydrogen) atoms. The number of hydrogen-bond donors (Lipinski definition) is 1. The molecule has 0 aliphatic heterocycles. The van der Waals surface area contributed by atoms with Crippen molar-refractivity contribution in [2.24, 2.45) is 0 Å². The molecule has 4 nitrogen and oxygen atoms in total. The summed E-state index contributed by atoms with van der Waals surface area (Å²) >= 11 is 0. The van der Waals surface area contributed by atoms with Gasteiger partial charge in [0.1, 0.15) is 6.10 Å². The summed E-state index contributed by atoms with van der Waals surface area (Å²) in [5, 5.41) is 3.86. The summed E-state index contributed by atoms with van der Waals surface area (Å²) in [5.74, 6) is 0. The van der Waals surface area contributed by atoms with Crippen molar-refractivity contribution in [1.29, 1.82) is 0 Å². The summed E-state index contributed by atoms with van der Waals surface area (Å²) in [4.78, 5) is 16.3. The molecule has 1 aromatic carbocycles. The number of carbonyl (C=O) groups is 1. The number of aromatic nitrogens is 1. The largest absolute Gasteiger partial charge is 0.446 e. The van der Waals surface area contributed by atoms with E-state index in [1.807, 2.05) is 30.3 Å². The molecule has 1 heterocycles. The summed E-state index contributed by atoms with van der Waals surface area (Å²) in [6.07, 6.45) is 8.20. The Morgan fingerprint density at radius 2 is 1.95 bits per heavy atom. The van der Waals surface area contributed by atoms with Gasteiger partial charge in [0.05, 0.1) is 5.52 Å². The third-order valence-electron chi connectivity index (χ3n) is 3.93. The monoisotopic (exact) mass is 284 g/mol. The van der Waals surface area contributed by atoms with Crippen LogP contribution in [-0.2, 0) is 4.74 Å². The second kappa shape index (κ2) is 6.57. The molecule has 0 unspecified atom stereocenters. The Morgan fingerprint density at radius 3 is 2.76 bits per heavy atom. The van der Waals surface area contributed by atoms with Crippen molar-refractivity contribution in [3.8, 4) is 0 Å². The van der Waals surface area contributed by atoms with Crippen LogP contribution in [0.15, 0.2) is 36.5 Å². The maximum Gasteiger partial charge on any atom is 0.411 e. The molecule has 0 atom stereocenters. The van der Waals surface area contributed by atoms with E-state index in [9.17, 15) is 4.79 Å². The molecule has 1 N–H and O–H groups in total. The summed E-state index contributed by atoms with van der Waals surface area (Å²) in [6, 6.07) is 9.58. The molecule has 0 spiro atoms. The predicted molar refractivity (Wildman–Crippen MR) is 83.3 cm³/mol. The fourth-order valence-corrected chi connectivity index (χ4v) is 2.80. The summed E-state index contributed by atoms with van der Waals surface area (Å²) < 4.78 is 5.52. The van der Waals surface area contributed by atoms with Crippen LogP contribution in [0.5, 0.6) is 0 Å². The van der Waals surface area contributed by atoms with E-state index in [4.69, 9.17) is 4.74 Å². The Morgan fingerprint density at radius 1 is 1.14 bits per heavy atom. The van der Waals surface area contributed by atoms with E-state index in [0.29, 0.717) is 0 Å². The Balaban J connectivity index is 1.62. The van der Waals surface area contributed by atoms with Crippen LogP contribution in [0.2, 0.25) is 0 Å². The van der Waals surface area contributed by atoms with Gasteiger partial charge in [-0.1, -0.05) is 25.0 Å². The summed E-state index contributed by atoms with van der Waals surface area (Å²) in [5.41, 5.74) is 1.59. The van der Waals surface area contributed by atoms with Crippen LogP contribution in [0.4, 0.5) is 10.5 Å². The first kappa shape index (κ1) is 13.9. The van der Waals surface area contributed by atoms with Gasteiger partial charge in [-0.25, -0.2) is 4.79 Å². The minimum atomic E-state index is -0.364. The number of anilines is 1. The molecule has 1 saturated carbocycles. The van der Waals surface area contributed by atoms with Crippen LogP contribution in [0.25, 0.3) is 10.9 Å². The molecule has 0 bridgehead atoms. The van der Waals surface area contributed by atoms with Gasteiger partial charge in [0.15, 0.2) is 0 Å². The van der Waals surface area contributed by atoms with Crippen molar-refractivity contribution in [1.82, 2.24) is 4.98 Å². The summed E-state index contributed by atoms with van der Waals surface area (Å²) in [6.45, 7) is 0. The Hall–Kier alpha value is -2.10. The molecule has 110 valence electrons. The van der Waals surface area contributed by atoms with Crippen molar-refractivity contribution >= 4 is 22.7 Å². The average Bonchev–Trinajstić information content (AvgIpc) is 2.75. The van der Waals surface area contributed by atoms with E-state index in [0.717, 1.165) is 42.3 Å². The van der Waals surface area contributed by atoms with E-state index in [1.165, 1.54) is 12.8 Å². The zero-order valence-electron chi connectivity index (χ0n) is 12.0. The molecule has 0 radical (unpaired) electrons. The van der Waals surface area contributed by atoms with Crippen LogP contribution in [0.3, 0.4) is 0 Å². The van der Waals surface area contributed by atoms with Crippen LogP contribution < -0.4 is 5.32 Å². The van der Waals surface area contributed by atoms with E-state index >= 15 is 0 Å². The minimum Gasteiger partial charge on any atom is -0.446 e. The lowest BCUT2D eigenvalue weighted by atomic mass is 10.1. The van der Waals surface area contributed by atoms with Gasteiger partial charge < -0.3 is 4.74 Å². The first-order valence-corrected chi connectivity index (χ1v) is 7.64. The molecule has 1 aliphatic carbocycles. The third kappa shape index (κ3) is 3.72. The van der Waals surface area contributed by atoms with Gasteiger partial charge in [0.2, 0.25) is 0 Å². The molecule has 2 aromatic rings. The Bertz CT molecular complexity index is 619. The van der Waals surface area contributed by atoms with Crippen molar-refractivity contribution in [3.63, 3.8) is 0 Å². The van der Waals surface area contributed by atoms with Gasteiger partial charge in [-0.3, -0.25) is 10.3 Å². The first-order valence-electron chi connectivity index (χ1n) is 7.64. The van der Waals surface area contributed by atoms with Crippen LogP contribution in [-0.4, -0.2) is 17.2 Å². The molecule has 0 saturated heterocycles. The number of nitrogens with one attached hydrogen (secondary N) is 1. The number of ether oxygens (including phenoxy) is 1. The molecule has 1 fully saturated rings. The van der Waals surface area contributed by atoms with Gasteiger partial charge >= 0.3 is 6.09 Å². The van der Waals surface area contributed by atoms with Gasteiger partial charge in [-0.05, 0) is 43.9 Å². The second-order valence-electron chi connectivity index (χ2n) is 5.55. The lowest BCUT2D eigenvalue weighted by Gasteiger charge is -2.16. The quantitative estimate of drug-likeness (QED) is 0.826. The number of benzene rings is 1. The lowest BCUT2D eigenvalue weighted by Crippen LogP contribution is -2.22. The Labute approximate surface area is 124 Å². The standard InChI is InChI=1S/C17H20N2O2/c20-17(21-15-7-3-1-2-4-8-15)19-14-10-9-13-6-5-11-18-16(13)12-14/h5-6,9-12,15H,1-4,7-8H2,(H,19,20). The smallest absolute Gasteiger partial charge is 0.411 e. The van der Waals surface area contributed by atoms with Gasteiger partial charge in [-0.15, -0.1) is 0 Å². The van der Waals surface area contributed by atoms with Crippen molar-refractivity contribution in [3.05, 3.63) is 36.5 Å². The van der Waals surface area contributed by atoms with Crippen molar-refractivity contribution in [2.75, 3.05) is 5.32 Å². The molecule has 1 aliphatic rings. The second-order valence-corrected chi connectivity index (χ2v) is 5.55. The number of nitrogens with zero attached hydrogens (tertiary/aromatic N) is 1. The van der Waals surface area contributed by atoms with E-state index < -0.39 is 0 Å². The Kier molecular flexibility index (Phi) is 4.34. The van der Waals surface area contributed by atoms with Crippen LogP contribution in [0.1, 0.15) is 38.5 Å². The molecular weight excluding hydrogens is 264 g/mol. The SMILES string of the molecule is O=C(Nc1ccc2cccnc2c1)OC1CCCCCC1. The number of pyridine rings is 1. The highest BCUT2D eigenvalue weighted by atomic mass is 16.6. The highest BCUT2D eigenvalue weighted by Gasteiger charge is 2.16. The van der Waals surface area contributed by atoms with Crippen molar-refractivity contribution in [2.45, 2.75) is 44.6 Å². The fourth-order valence-electron chi connectivity index (χ4n) is 2.80. The lowest BCUT2D eigenvalue weighted by molar-refractivity contribution is 0.101. The predicted octanol–water partition coefficient (Wildman–Crippen LogP) is 4.51. The maximum absolute atomic E-state index is 12.0. The zero-order valence-corrected chi connectivity index (χ0v) is 12.0. The number of fused-ring (bicyclic) bond motifs is 1. The highest BCUT2D eigenvalue weighted by molar-refractivity contribution is 5.89. The summed E-state index contributed by atoms with van der Waals surface area (Å²) in [7, 11) is 0. The van der Waals surface area contributed by atoms with E-state index in [2.05, 4.69) is 10.3 Å². The number of carbonyl (C=O) groups excluding carboxylic acids is 1. The minimum absolute atomic E-state index is 0.0612.